The quantitative estimate of drug-likeness (QED) is 0.882. The number of nitrogens with zero attached hydrogens (tertiary/aromatic N) is 3. The van der Waals surface area contributed by atoms with E-state index in [1.54, 1.807) is 0 Å². The van der Waals surface area contributed by atoms with E-state index in [0.29, 0.717) is 6.04 Å². The van der Waals surface area contributed by atoms with Crippen LogP contribution < -0.4 is 10.2 Å². The zero-order valence-corrected chi connectivity index (χ0v) is 11.8. The Morgan fingerprint density at radius 3 is 2.76 bits per heavy atom. The molecule has 2 heterocycles. The van der Waals surface area contributed by atoms with Crippen LogP contribution in [0.2, 0.25) is 0 Å². The van der Waals surface area contributed by atoms with Crippen molar-refractivity contribution in [2.24, 2.45) is 7.05 Å². The van der Waals surface area contributed by atoms with Gasteiger partial charge in [-0.25, -0.2) is 4.98 Å². The van der Waals surface area contributed by atoms with Gasteiger partial charge >= 0.3 is 0 Å². The topological polar surface area (TPSA) is 33.1 Å². The maximum atomic E-state index is 4.42. The molecule has 1 aliphatic heterocycles. The van der Waals surface area contributed by atoms with Crippen molar-refractivity contribution in [2.45, 2.75) is 25.4 Å². The van der Waals surface area contributed by atoms with Gasteiger partial charge in [-0.2, -0.15) is 11.8 Å². The molecular formula is C12H22N4S. The summed E-state index contributed by atoms with van der Waals surface area (Å²) in [7, 11) is 6.13. The van der Waals surface area contributed by atoms with Crippen LogP contribution >= 0.6 is 11.8 Å². The van der Waals surface area contributed by atoms with Crippen molar-refractivity contribution in [3.8, 4) is 0 Å². The van der Waals surface area contributed by atoms with Crippen molar-refractivity contribution in [1.82, 2.24) is 14.9 Å². The van der Waals surface area contributed by atoms with Crippen LogP contribution in [0.4, 0.5) is 5.95 Å². The second-order valence-corrected chi connectivity index (χ2v) is 6.00. The molecular weight excluding hydrogens is 232 g/mol. The Labute approximate surface area is 108 Å². The van der Waals surface area contributed by atoms with E-state index in [0.717, 1.165) is 12.5 Å². The fourth-order valence-corrected chi connectivity index (χ4v) is 3.27. The average molecular weight is 254 g/mol. The molecule has 0 spiro atoms. The number of aromatic nitrogens is 2. The number of thioether (sulfide) groups is 1. The summed E-state index contributed by atoms with van der Waals surface area (Å²) < 4.78 is 2.16. The molecule has 17 heavy (non-hydrogen) atoms. The lowest BCUT2D eigenvalue weighted by Gasteiger charge is -2.22. The van der Waals surface area contributed by atoms with Crippen LogP contribution in [0.1, 0.15) is 18.5 Å². The molecule has 96 valence electrons. The largest absolute Gasteiger partial charge is 0.348 e. The summed E-state index contributed by atoms with van der Waals surface area (Å²) in [5.74, 6) is 3.61. The van der Waals surface area contributed by atoms with E-state index in [-0.39, 0.29) is 0 Å². The summed E-state index contributed by atoms with van der Waals surface area (Å²) >= 11 is 2.07. The zero-order valence-electron chi connectivity index (χ0n) is 10.9. The van der Waals surface area contributed by atoms with Crippen LogP contribution in [0.15, 0.2) is 6.20 Å². The van der Waals surface area contributed by atoms with Gasteiger partial charge in [-0.15, -0.1) is 0 Å². The molecule has 0 unspecified atom stereocenters. The van der Waals surface area contributed by atoms with E-state index in [4.69, 9.17) is 0 Å². The molecule has 1 aromatic rings. The summed E-state index contributed by atoms with van der Waals surface area (Å²) in [6, 6.07) is 0.689. The first-order valence-electron chi connectivity index (χ1n) is 6.17. The molecule has 0 radical (unpaired) electrons. The van der Waals surface area contributed by atoms with Crippen molar-refractivity contribution in [1.29, 1.82) is 0 Å². The third-order valence-electron chi connectivity index (χ3n) is 3.25. The number of nitrogens with one attached hydrogen (secondary N) is 1. The molecule has 1 aromatic heterocycles. The highest BCUT2D eigenvalue weighted by atomic mass is 32.2. The number of anilines is 1. The first-order chi connectivity index (χ1) is 8.18. The predicted molar refractivity (Wildman–Crippen MR) is 74.7 cm³/mol. The molecule has 1 fully saturated rings. The van der Waals surface area contributed by atoms with Gasteiger partial charge in [0.25, 0.3) is 0 Å². The fourth-order valence-electron chi connectivity index (χ4n) is 2.16. The summed E-state index contributed by atoms with van der Waals surface area (Å²) in [5.41, 5.74) is 1.26. The van der Waals surface area contributed by atoms with Gasteiger partial charge in [0.05, 0.1) is 11.9 Å². The average Bonchev–Trinajstić information content (AvgIpc) is 2.69. The van der Waals surface area contributed by atoms with Crippen LogP contribution in [0.3, 0.4) is 0 Å². The first kappa shape index (κ1) is 12.8. The van der Waals surface area contributed by atoms with Gasteiger partial charge in [-0.1, -0.05) is 0 Å². The molecule has 0 amide bonds. The number of hydrogen-bond donors (Lipinski definition) is 1. The van der Waals surface area contributed by atoms with Gasteiger partial charge < -0.3 is 14.8 Å². The zero-order chi connectivity index (χ0) is 12.3. The van der Waals surface area contributed by atoms with Gasteiger partial charge in [0.2, 0.25) is 5.95 Å². The molecule has 5 heteroatoms. The van der Waals surface area contributed by atoms with Crippen LogP contribution in [-0.2, 0) is 13.6 Å². The van der Waals surface area contributed by atoms with Crippen molar-refractivity contribution in [3.05, 3.63) is 11.9 Å². The minimum Gasteiger partial charge on any atom is -0.348 e. The van der Waals surface area contributed by atoms with E-state index < -0.39 is 0 Å². The predicted octanol–water partition coefficient (Wildman–Crippen LogP) is 1.47. The van der Waals surface area contributed by atoms with E-state index in [1.165, 1.54) is 30.0 Å². The molecule has 0 atom stereocenters. The van der Waals surface area contributed by atoms with Crippen LogP contribution in [0.25, 0.3) is 0 Å². The highest BCUT2D eigenvalue weighted by Gasteiger charge is 2.14. The number of imidazole rings is 1. The van der Waals surface area contributed by atoms with Gasteiger partial charge in [0.1, 0.15) is 0 Å². The standard InChI is InChI=1S/C12H22N4S/c1-15(2)12-14-9-11(16(12)3)8-13-10-4-6-17-7-5-10/h9-10,13H,4-8H2,1-3H3. The maximum Gasteiger partial charge on any atom is 0.204 e. The molecule has 1 N–H and O–H groups in total. The maximum absolute atomic E-state index is 4.42. The Morgan fingerprint density at radius 1 is 1.47 bits per heavy atom. The fraction of sp³-hybridized carbons (Fsp3) is 0.750. The van der Waals surface area contributed by atoms with Gasteiger partial charge in [0.15, 0.2) is 0 Å². The summed E-state index contributed by atoms with van der Waals surface area (Å²) in [6.45, 7) is 0.923. The van der Waals surface area contributed by atoms with Crippen molar-refractivity contribution in [2.75, 3.05) is 30.5 Å². The SMILES string of the molecule is CN(C)c1ncc(CNC2CCSCC2)n1C. The van der Waals surface area contributed by atoms with Crippen molar-refractivity contribution < 1.29 is 0 Å². The molecule has 0 aliphatic carbocycles. The normalized spacial score (nSPS) is 17.4. The van der Waals surface area contributed by atoms with Gasteiger partial charge in [-0.3, -0.25) is 0 Å². The van der Waals surface area contributed by atoms with Crippen LogP contribution in [0, 0.1) is 0 Å². The molecule has 0 saturated carbocycles. The van der Waals surface area contributed by atoms with Crippen LogP contribution in [0.5, 0.6) is 0 Å². The Hall–Kier alpha value is -0.680. The molecule has 1 aliphatic rings. The first-order valence-corrected chi connectivity index (χ1v) is 7.33. The number of hydrogen-bond acceptors (Lipinski definition) is 4. The molecule has 1 saturated heterocycles. The monoisotopic (exact) mass is 254 g/mol. The van der Waals surface area contributed by atoms with Crippen molar-refractivity contribution >= 4 is 17.7 Å². The molecule has 2 rings (SSSR count). The van der Waals surface area contributed by atoms with Crippen LogP contribution in [-0.4, -0.2) is 41.2 Å². The van der Waals surface area contributed by atoms with E-state index >= 15 is 0 Å². The number of rotatable bonds is 4. The Balaban J connectivity index is 1.90. The highest BCUT2D eigenvalue weighted by Crippen LogP contribution is 2.18. The van der Waals surface area contributed by atoms with Gasteiger partial charge in [-0.05, 0) is 24.3 Å². The summed E-state index contributed by atoms with van der Waals surface area (Å²) in [4.78, 5) is 6.47. The molecule has 0 bridgehead atoms. The van der Waals surface area contributed by atoms with Crippen molar-refractivity contribution in [3.63, 3.8) is 0 Å². The Morgan fingerprint density at radius 2 is 2.18 bits per heavy atom. The van der Waals surface area contributed by atoms with E-state index in [1.807, 2.05) is 25.2 Å². The molecule has 0 aromatic carbocycles. The minimum absolute atomic E-state index is 0.689. The lowest BCUT2D eigenvalue weighted by Crippen LogP contribution is -2.32. The second kappa shape index (κ2) is 5.78. The smallest absolute Gasteiger partial charge is 0.204 e. The van der Waals surface area contributed by atoms with E-state index in [9.17, 15) is 0 Å². The lowest BCUT2D eigenvalue weighted by molar-refractivity contribution is 0.474. The summed E-state index contributed by atoms with van der Waals surface area (Å²) in [5, 5.41) is 3.64. The second-order valence-electron chi connectivity index (χ2n) is 4.77. The van der Waals surface area contributed by atoms with E-state index in [2.05, 4.69) is 33.7 Å². The minimum atomic E-state index is 0.689. The Kier molecular flexibility index (Phi) is 4.34. The molecule has 4 nitrogen and oxygen atoms in total. The summed E-state index contributed by atoms with van der Waals surface area (Å²) in [6.07, 6.45) is 4.56. The third kappa shape index (κ3) is 3.16. The Bertz CT molecular complexity index is 355. The highest BCUT2D eigenvalue weighted by molar-refractivity contribution is 7.99. The third-order valence-corrected chi connectivity index (χ3v) is 4.30. The lowest BCUT2D eigenvalue weighted by atomic mass is 10.1. The van der Waals surface area contributed by atoms with Gasteiger partial charge in [0, 0.05) is 33.7 Å².